The minimum Gasteiger partial charge on any atom is -0.453 e. The summed E-state index contributed by atoms with van der Waals surface area (Å²) in [6.07, 6.45) is 1.61. The lowest BCUT2D eigenvalue weighted by Crippen LogP contribution is -1.95. The lowest BCUT2D eigenvalue weighted by Gasteiger charge is -2.12. The third kappa shape index (κ3) is 2.51. The van der Waals surface area contributed by atoms with Crippen molar-refractivity contribution in [1.82, 2.24) is 4.98 Å². The van der Waals surface area contributed by atoms with Crippen molar-refractivity contribution < 1.29 is 4.74 Å². The van der Waals surface area contributed by atoms with Crippen LogP contribution in [0.3, 0.4) is 0 Å². The average molecular weight is 394 g/mol. The Labute approximate surface area is 133 Å². The van der Waals surface area contributed by atoms with E-state index in [4.69, 9.17) is 10.5 Å². The fourth-order valence-electron chi connectivity index (χ4n) is 1.91. The number of aromatic nitrogens is 1. The molecule has 3 rings (SSSR count). The number of ether oxygens (including phenoxy) is 1. The molecular weight excluding hydrogens is 384 g/mol. The van der Waals surface area contributed by atoms with Crippen molar-refractivity contribution in [2.45, 2.75) is 0 Å². The lowest BCUT2D eigenvalue weighted by atomic mass is 10.2. The highest BCUT2D eigenvalue weighted by Gasteiger charge is 2.11. The quantitative estimate of drug-likeness (QED) is 0.656. The first-order chi connectivity index (χ1) is 9.65. The molecule has 0 saturated heterocycles. The molecule has 3 nitrogen and oxygen atoms in total. The van der Waals surface area contributed by atoms with Crippen LogP contribution >= 0.6 is 31.9 Å². The molecule has 0 aliphatic carbocycles. The Bertz CT molecular complexity index is 785. The standard InChI is InChI=1S/C15H10Br2N2O/c16-9-5-6-13-10(7-9)15(12(18)8-19-13)20-14-4-2-1-3-11(14)17/h1-8H,18H2. The van der Waals surface area contributed by atoms with Crippen molar-refractivity contribution in [3.05, 3.63) is 57.6 Å². The van der Waals surface area contributed by atoms with Crippen LogP contribution in [0.1, 0.15) is 0 Å². The van der Waals surface area contributed by atoms with Crippen LogP contribution in [0.2, 0.25) is 0 Å². The topological polar surface area (TPSA) is 48.1 Å². The first-order valence-electron chi connectivity index (χ1n) is 5.91. The van der Waals surface area contributed by atoms with E-state index in [2.05, 4.69) is 36.8 Å². The van der Waals surface area contributed by atoms with Crippen LogP contribution in [-0.2, 0) is 0 Å². The number of pyridine rings is 1. The zero-order valence-electron chi connectivity index (χ0n) is 10.3. The maximum absolute atomic E-state index is 6.02. The molecule has 0 unspecified atom stereocenters. The first kappa shape index (κ1) is 13.4. The lowest BCUT2D eigenvalue weighted by molar-refractivity contribution is 0.487. The van der Waals surface area contributed by atoms with Gasteiger partial charge in [-0.15, -0.1) is 0 Å². The van der Waals surface area contributed by atoms with Gasteiger partial charge in [-0.05, 0) is 46.3 Å². The zero-order valence-corrected chi connectivity index (χ0v) is 13.5. The molecule has 0 spiro atoms. The van der Waals surface area contributed by atoms with E-state index < -0.39 is 0 Å². The predicted octanol–water partition coefficient (Wildman–Crippen LogP) is 5.13. The van der Waals surface area contributed by atoms with Crippen molar-refractivity contribution in [3.63, 3.8) is 0 Å². The van der Waals surface area contributed by atoms with Crippen LogP contribution in [0.25, 0.3) is 10.9 Å². The van der Waals surface area contributed by atoms with E-state index in [1.165, 1.54) is 0 Å². The molecule has 2 N–H and O–H groups in total. The molecule has 2 aromatic carbocycles. The third-order valence-electron chi connectivity index (χ3n) is 2.86. The fraction of sp³-hybridized carbons (Fsp3) is 0. The van der Waals surface area contributed by atoms with Crippen LogP contribution < -0.4 is 10.5 Å². The normalized spacial score (nSPS) is 10.7. The number of nitrogen functional groups attached to an aromatic ring is 1. The van der Waals surface area contributed by atoms with Gasteiger partial charge in [-0.1, -0.05) is 28.1 Å². The van der Waals surface area contributed by atoms with Gasteiger partial charge in [0.15, 0.2) is 5.75 Å². The maximum Gasteiger partial charge on any atom is 0.161 e. The second-order valence-corrected chi connectivity index (χ2v) is 6.01. The molecule has 1 aromatic heterocycles. The fourth-order valence-corrected chi connectivity index (χ4v) is 2.63. The van der Waals surface area contributed by atoms with Crippen LogP contribution in [-0.4, -0.2) is 4.98 Å². The van der Waals surface area contributed by atoms with E-state index in [1.807, 2.05) is 42.5 Å². The average Bonchev–Trinajstić information content (AvgIpc) is 2.44. The highest BCUT2D eigenvalue weighted by atomic mass is 79.9. The van der Waals surface area contributed by atoms with Gasteiger partial charge in [0.25, 0.3) is 0 Å². The molecule has 20 heavy (non-hydrogen) atoms. The summed E-state index contributed by atoms with van der Waals surface area (Å²) in [6.45, 7) is 0. The van der Waals surface area contributed by atoms with Gasteiger partial charge in [0.1, 0.15) is 5.75 Å². The van der Waals surface area contributed by atoms with Crippen LogP contribution in [0.4, 0.5) is 5.69 Å². The molecule has 0 saturated carbocycles. The monoisotopic (exact) mass is 392 g/mol. The summed E-state index contributed by atoms with van der Waals surface area (Å²) in [7, 11) is 0. The molecular formula is C15H10Br2N2O. The Morgan fingerprint density at radius 3 is 2.65 bits per heavy atom. The molecule has 0 aliphatic rings. The molecule has 1 heterocycles. The Kier molecular flexibility index (Phi) is 3.63. The highest BCUT2D eigenvalue weighted by Crippen LogP contribution is 2.37. The summed E-state index contributed by atoms with van der Waals surface area (Å²) in [5.74, 6) is 1.33. The molecule has 0 radical (unpaired) electrons. The van der Waals surface area contributed by atoms with Crippen molar-refractivity contribution >= 4 is 48.5 Å². The molecule has 5 heteroatoms. The van der Waals surface area contributed by atoms with E-state index in [1.54, 1.807) is 6.20 Å². The minimum absolute atomic E-state index is 0.506. The predicted molar refractivity (Wildman–Crippen MR) is 88.1 cm³/mol. The number of halogens is 2. The van der Waals surface area contributed by atoms with Crippen molar-refractivity contribution in [3.8, 4) is 11.5 Å². The molecule has 0 bridgehead atoms. The van der Waals surface area contributed by atoms with Gasteiger partial charge in [0, 0.05) is 9.86 Å². The van der Waals surface area contributed by atoms with E-state index in [0.29, 0.717) is 17.2 Å². The summed E-state index contributed by atoms with van der Waals surface area (Å²) in [6, 6.07) is 13.5. The number of hydrogen-bond donors (Lipinski definition) is 1. The van der Waals surface area contributed by atoms with Crippen LogP contribution in [0.15, 0.2) is 57.6 Å². The summed E-state index contributed by atoms with van der Waals surface area (Å²) in [4.78, 5) is 4.31. The summed E-state index contributed by atoms with van der Waals surface area (Å²) < 4.78 is 7.80. The van der Waals surface area contributed by atoms with Gasteiger partial charge in [-0.3, -0.25) is 4.98 Å². The number of nitrogens with two attached hydrogens (primary N) is 1. The van der Waals surface area contributed by atoms with Crippen LogP contribution in [0, 0.1) is 0 Å². The Morgan fingerprint density at radius 2 is 1.85 bits per heavy atom. The van der Waals surface area contributed by atoms with E-state index in [9.17, 15) is 0 Å². The Balaban J connectivity index is 2.17. The van der Waals surface area contributed by atoms with E-state index in [-0.39, 0.29) is 0 Å². The minimum atomic E-state index is 0.506. The van der Waals surface area contributed by atoms with Gasteiger partial charge in [0.05, 0.1) is 21.9 Å². The number of anilines is 1. The van der Waals surface area contributed by atoms with Crippen molar-refractivity contribution in [2.75, 3.05) is 5.73 Å². The summed E-state index contributed by atoms with van der Waals surface area (Å²) in [5.41, 5.74) is 7.36. The second-order valence-electron chi connectivity index (χ2n) is 4.24. The number of hydrogen-bond acceptors (Lipinski definition) is 3. The number of fused-ring (bicyclic) bond motifs is 1. The van der Waals surface area contributed by atoms with Crippen LogP contribution in [0.5, 0.6) is 11.5 Å². The number of rotatable bonds is 2. The van der Waals surface area contributed by atoms with Crippen molar-refractivity contribution in [1.29, 1.82) is 0 Å². The van der Waals surface area contributed by atoms with Crippen molar-refractivity contribution in [2.24, 2.45) is 0 Å². The molecule has 3 aromatic rings. The van der Waals surface area contributed by atoms with Gasteiger partial charge >= 0.3 is 0 Å². The van der Waals surface area contributed by atoms with E-state index >= 15 is 0 Å². The molecule has 100 valence electrons. The Hall–Kier alpha value is -1.59. The third-order valence-corrected chi connectivity index (χ3v) is 4.01. The maximum atomic E-state index is 6.02. The molecule has 0 atom stereocenters. The number of benzene rings is 2. The molecule has 0 amide bonds. The summed E-state index contributed by atoms with van der Waals surface area (Å²) in [5, 5.41) is 0.870. The molecule has 0 aliphatic heterocycles. The second kappa shape index (κ2) is 5.42. The van der Waals surface area contributed by atoms with E-state index in [0.717, 1.165) is 19.8 Å². The number of nitrogens with zero attached hydrogens (tertiary/aromatic N) is 1. The first-order valence-corrected chi connectivity index (χ1v) is 7.50. The number of para-hydroxylation sites is 1. The van der Waals surface area contributed by atoms with Gasteiger partial charge in [0.2, 0.25) is 0 Å². The smallest absolute Gasteiger partial charge is 0.161 e. The molecule has 0 fully saturated rings. The Morgan fingerprint density at radius 1 is 1.05 bits per heavy atom. The zero-order chi connectivity index (χ0) is 14.1. The van der Waals surface area contributed by atoms with Gasteiger partial charge in [-0.2, -0.15) is 0 Å². The van der Waals surface area contributed by atoms with Gasteiger partial charge in [-0.25, -0.2) is 0 Å². The van der Waals surface area contributed by atoms with Gasteiger partial charge < -0.3 is 10.5 Å². The summed E-state index contributed by atoms with van der Waals surface area (Å²) >= 11 is 6.92. The largest absolute Gasteiger partial charge is 0.453 e. The SMILES string of the molecule is Nc1cnc2ccc(Br)cc2c1Oc1ccccc1Br. The highest BCUT2D eigenvalue weighted by molar-refractivity contribution is 9.10.